The van der Waals surface area contributed by atoms with E-state index in [4.69, 9.17) is 5.11 Å². The second-order valence-corrected chi connectivity index (χ2v) is 6.61. The maximum absolute atomic E-state index is 13.7. The number of likely N-dealkylation sites (N-methyl/N-ethyl adjacent to an activating group) is 1. The van der Waals surface area contributed by atoms with Gasteiger partial charge in [0.1, 0.15) is 5.82 Å². The van der Waals surface area contributed by atoms with Gasteiger partial charge in [-0.2, -0.15) is 0 Å². The molecular formula is C17H25ClFN3O3. The highest BCUT2D eigenvalue weighted by atomic mass is 35.5. The normalized spacial score (nSPS) is 20.1. The largest absolute Gasteiger partial charge is 0.480 e. The van der Waals surface area contributed by atoms with Crippen LogP contribution in [0.25, 0.3) is 0 Å². The highest BCUT2D eigenvalue weighted by Crippen LogP contribution is 2.20. The van der Waals surface area contributed by atoms with Gasteiger partial charge in [0.05, 0.1) is 13.1 Å². The van der Waals surface area contributed by atoms with Gasteiger partial charge in [-0.15, -0.1) is 12.4 Å². The number of rotatable bonds is 7. The number of hydrogen-bond acceptors (Lipinski definition) is 4. The third-order valence-electron chi connectivity index (χ3n) is 4.37. The summed E-state index contributed by atoms with van der Waals surface area (Å²) in [6, 6.07) is 6.42. The lowest BCUT2D eigenvalue weighted by atomic mass is 10.0. The molecule has 1 aromatic rings. The monoisotopic (exact) mass is 373 g/mol. The van der Waals surface area contributed by atoms with E-state index in [0.29, 0.717) is 12.1 Å². The average Bonchev–Trinajstić information content (AvgIpc) is 2.89. The number of carbonyl (C=O) groups excluding carboxylic acids is 1. The van der Waals surface area contributed by atoms with Crippen molar-refractivity contribution in [3.05, 3.63) is 35.6 Å². The van der Waals surface area contributed by atoms with E-state index in [1.54, 1.807) is 25.2 Å². The molecule has 0 aromatic heterocycles. The molecule has 1 amide bonds. The Hall–Kier alpha value is -1.70. The molecular weight excluding hydrogens is 349 g/mol. The number of carboxylic acids is 1. The Balaban J connectivity index is 0.00000312. The first-order valence-corrected chi connectivity index (χ1v) is 7.96. The molecule has 140 valence electrons. The second kappa shape index (κ2) is 9.12. The molecule has 6 nitrogen and oxygen atoms in total. The van der Waals surface area contributed by atoms with Gasteiger partial charge in [-0.1, -0.05) is 18.2 Å². The molecule has 25 heavy (non-hydrogen) atoms. The third kappa shape index (κ3) is 6.26. The molecule has 1 heterocycles. The van der Waals surface area contributed by atoms with Crippen LogP contribution < -0.4 is 5.32 Å². The van der Waals surface area contributed by atoms with Gasteiger partial charge in [-0.25, -0.2) is 4.39 Å². The minimum absolute atomic E-state index is 0. The predicted molar refractivity (Wildman–Crippen MR) is 95.2 cm³/mol. The first-order valence-electron chi connectivity index (χ1n) is 7.96. The van der Waals surface area contributed by atoms with Gasteiger partial charge in [0.15, 0.2) is 0 Å². The summed E-state index contributed by atoms with van der Waals surface area (Å²) in [5.74, 6) is -1.29. The third-order valence-corrected chi connectivity index (χ3v) is 4.37. The molecule has 1 aromatic carbocycles. The lowest BCUT2D eigenvalue weighted by molar-refractivity contribution is -0.136. The smallest absolute Gasteiger partial charge is 0.317 e. The van der Waals surface area contributed by atoms with Crippen molar-refractivity contribution in [2.24, 2.45) is 0 Å². The van der Waals surface area contributed by atoms with Crippen LogP contribution in [0.3, 0.4) is 0 Å². The number of carboxylic acid groups (broad SMARTS) is 1. The average molecular weight is 374 g/mol. The lowest BCUT2D eigenvalue weighted by Gasteiger charge is -2.26. The molecule has 1 fully saturated rings. The Kier molecular flexibility index (Phi) is 7.79. The van der Waals surface area contributed by atoms with E-state index < -0.39 is 5.97 Å². The summed E-state index contributed by atoms with van der Waals surface area (Å²) in [5.41, 5.74) is 0.186. The Labute approximate surface area is 153 Å². The van der Waals surface area contributed by atoms with Gasteiger partial charge < -0.3 is 15.3 Å². The topological polar surface area (TPSA) is 72.9 Å². The van der Waals surface area contributed by atoms with Crippen LogP contribution >= 0.6 is 12.4 Å². The van der Waals surface area contributed by atoms with Gasteiger partial charge in [0, 0.05) is 37.8 Å². The van der Waals surface area contributed by atoms with Crippen LogP contribution in [0.4, 0.5) is 4.39 Å². The summed E-state index contributed by atoms with van der Waals surface area (Å²) in [5, 5.41) is 11.8. The Morgan fingerprint density at radius 2 is 2.08 bits per heavy atom. The number of carbonyl (C=O) groups is 2. The number of benzene rings is 1. The fourth-order valence-electron chi connectivity index (χ4n) is 2.91. The van der Waals surface area contributed by atoms with Gasteiger partial charge >= 0.3 is 5.97 Å². The number of likely N-dealkylation sites (tertiary alicyclic amines) is 1. The fourth-order valence-corrected chi connectivity index (χ4v) is 2.91. The zero-order valence-electron chi connectivity index (χ0n) is 14.5. The first kappa shape index (κ1) is 21.3. The second-order valence-electron chi connectivity index (χ2n) is 6.61. The molecule has 1 aliphatic heterocycles. The number of amides is 1. The highest BCUT2D eigenvalue weighted by Gasteiger charge is 2.34. The van der Waals surface area contributed by atoms with Crippen molar-refractivity contribution in [3.8, 4) is 0 Å². The molecule has 8 heteroatoms. The molecule has 1 unspecified atom stereocenters. The maximum atomic E-state index is 13.7. The number of hydrogen-bond donors (Lipinski definition) is 2. The van der Waals surface area contributed by atoms with Crippen LogP contribution in [0, 0.1) is 5.82 Å². The zero-order chi connectivity index (χ0) is 17.7. The van der Waals surface area contributed by atoms with E-state index in [1.165, 1.54) is 11.0 Å². The molecule has 0 radical (unpaired) electrons. The highest BCUT2D eigenvalue weighted by molar-refractivity contribution is 5.85. The first-order chi connectivity index (χ1) is 11.3. The Morgan fingerprint density at radius 1 is 1.40 bits per heavy atom. The van der Waals surface area contributed by atoms with Crippen molar-refractivity contribution in [2.45, 2.75) is 25.4 Å². The molecule has 2 rings (SSSR count). The van der Waals surface area contributed by atoms with E-state index in [-0.39, 0.29) is 49.3 Å². The van der Waals surface area contributed by atoms with Gasteiger partial charge in [-0.3, -0.25) is 14.5 Å². The summed E-state index contributed by atoms with van der Waals surface area (Å²) < 4.78 is 13.7. The van der Waals surface area contributed by atoms with Crippen LogP contribution in [-0.4, -0.2) is 65.5 Å². The number of nitrogens with one attached hydrogen (secondary N) is 1. The fraction of sp³-hybridized carbons (Fsp3) is 0.529. The molecule has 0 bridgehead atoms. The zero-order valence-corrected chi connectivity index (χ0v) is 15.3. The molecule has 0 aliphatic carbocycles. The SMILES string of the molecule is CN(Cc1ccccc1F)C(=O)CN1CCC(C)(NCC(=O)O)C1.Cl. The molecule has 0 saturated carbocycles. The summed E-state index contributed by atoms with van der Waals surface area (Å²) in [4.78, 5) is 26.5. The van der Waals surface area contributed by atoms with E-state index in [1.807, 2.05) is 11.8 Å². The van der Waals surface area contributed by atoms with Crippen LogP contribution in [0.15, 0.2) is 24.3 Å². The van der Waals surface area contributed by atoms with Crippen molar-refractivity contribution < 1.29 is 19.1 Å². The molecule has 2 N–H and O–H groups in total. The molecule has 0 spiro atoms. The minimum atomic E-state index is -0.893. The minimum Gasteiger partial charge on any atom is -0.480 e. The van der Waals surface area contributed by atoms with E-state index in [2.05, 4.69) is 5.32 Å². The summed E-state index contributed by atoms with van der Waals surface area (Å²) >= 11 is 0. The predicted octanol–water partition coefficient (Wildman–Crippen LogP) is 1.34. The number of aliphatic carboxylic acids is 1. The van der Waals surface area contributed by atoms with Crippen molar-refractivity contribution in [3.63, 3.8) is 0 Å². The Bertz CT molecular complexity index is 617. The van der Waals surface area contributed by atoms with Crippen LogP contribution in [0.5, 0.6) is 0 Å². The number of nitrogens with zero attached hydrogens (tertiary/aromatic N) is 2. The van der Waals surface area contributed by atoms with Crippen molar-refractivity contribution in [1.82, 2.24) is 15.1 Å². The standard InChI is InChI=1S/C17H24FN3O3.ClH/c1-17(19-9-16(23)24)7-8-21(12-17)11-15(22)20(2)10-13-5-3-4-6-14(13)18;/h3-6,19H,7-12H2,1-2H3,(H,23,24);1H. The summed E-state index contributed by atoms with van der Waals surface area (Å²) in [6.45, 7) is 3.68. The maximum Gasteiger partial charge on any atom is 0.317 e. The Morgan fingerprint density at radius 3 is 2.72 bits per heavy atom. The lowest BCUT2D eigenvalue weighted by Crippen LogP contribution is -2.47. The summed E-state index contributed by atoms with van der Waals surface area (Å²) in [7, 11) is 1.66. The van der Waals surface area contributed by atoms with Gasteiger partial charge in [0.2, 0.25) is 5.91 Å². The van der Waals surface area contributed by atoms with Gasteiger partial charge in [-0.05, 0) is 19.4 Å². The van der Waals surface area contributed by atoms with E-state index in [9.17, 15) is 14.0 Å². The van der Waals surface area contributed by atoms with E-state index >= 15 is 0 Å². The van der Waals surface area contributed by atoms with Crippen molar-refractivity contribution >= 4 is 24.3 Å². The summed E-state index contributed by atoms with van der Waals surface area (Å²) in [6.07, 6.45) is 0.782. The van der Waals surface area contributed by atoms with Gasteiger partial charge in [0.25, 0.3) is 0 Å². The quantitative estimate of drug-likeness (QED) is 0.754. The molecule has 1 aliphatic rings. The van der Waals surface area contributed by atoms with Crippen molar-refractivity contribution in [2.75, 3.05) is 33.2 Å². The van der Waals surface area contributed by atoms with Crippen LogP contribution in [0.2, 0.25) is 0 Å². The van der Waals surface area contributed by atoms with Crippen molar-refractivity contribution in [1.29, 1.82) is 0 Å². The van der Waals surface area contributed by atoms with Crippen LogP contribution in [0.1, 0.15) is 18.9 Å². The number of halogens is 2. The van der Waals surface area contributed by atoms with E-state index in [0.717, 1.165) is 13.0 Å². The molecule has 1 saturated heterocycles. The van der Waals surface area contributed by atoms with Crippen LogP contribution in [-0.2, 0) is 16.1 Å². The molecule has 1 atom stereocenters.